The zero-order chi connectivity index (χ0) is 13.3. The molecule has 18 heavy (non-hydrogen) atoms. The van der Waals surface area contributed by atoms with Crippen molar-refractivity contribution in [1.82, 2.24) is 9.80 Å². The van der Waals surface area contributed by atoms with Gasteiger partial charge in [0.2, 0.25) is 0 Å². The van der Waals surface area contributed by atoms with Crippen LogP contribution in [0.5, 0.6) is 0 Å². The lowest BCUT2D eigenvalue weighted by atomic mass is 10.0. The maximum absolute atomic E-state index is 12.2. The van der Waals surface area contributed by atoms with Crippen molar-refractivity contribution in [2.24, 2.45) is 0 Å². The van der Waals surface area contributed by atoms with E-state index in [-0.39, 0.29) is 5.91 Å². The van der Waals surface area contributed by atoms with Crippen LogP contribution >= 0.6 is 11.3 Å². The van der Waals surface area contributed by atoms with E-state index in [2.05, 4.69) is 0 Å². The molecule has 1 atom stereocenters. The van der Waals surface area contributed by atoms with Crippen LogP contribution < -0.4 is 0 Å². The lowest BCUT2D eigenvalue weighted by Crippen LogP contribution is -2.43. The van der Waals surface area contributed by atoms with Crippen LogP contribution in [0, 0.1) is 6.92 Å². The van der Waals surface area contributed by atoms with E-state index in [9.17, 15) is 9.90 Å². The molecule has 2 rings (SSSR count). The fourth-order valence-electron chi connectivity index (χ4n) is 2.45. The number of carbonyl (C=O) groups is 1. The molecule has 100 valence electrons. The van der Waals surface area contributed by atoms with Crippen molar-refractivity contribution < 1.29 is 9.90 Å². The molecule has 5 heteroatoms. The molecule has 0 radical (unpaired) electrons. The third kappa shape index (κ3) is 2.91. The quantitative estimate of drug-likeness (QED) is 0.895. The van der Waals surface area contributed by atoms with Gasteiger partial charge in [0.15, 0.2) is 0 Å². The Balaban J connectivity index is 2.02. The van der Waals surface area contributed by atoms with Crippen LogP contribution in [-0.2, 0) is 0 Å². The van der Waals surface area contributed by atoms with Crippen molar-refractivity contribution in [1.29, 1.82) is 0 Å². The molecular formula is C13H20N2O2S. The predicted molar refractivity (Wildman–Crippen MR) is 73.1 cm³/mol. The summed E-state index contributed by atoms with van der Waals surface area (Å²) >= 11 is 1.51. The van der Waals surface area contributed by atoms with Gasteiger partial charge in [0.25, 0.3) is 5.91 Å². The molecule has 0 aromatic carbocycles. The van der Waals surface area contributed by atoms with Gasteiger partial charge < -0.3 is 14.9 Å². The molecule has 1 amide bonds. The first-order valence-electron chi connectivity index (χ1n) is 6.12. The van der Waals surface area contributed by atoms with Gasteiger partial charge in [0.05, 0.1) is 17.0 Å². The van der Waals surface area contributed by atoms with Gasteiger partial charge in [-0.2, -0.15) is 0 Å². The first-order chi connectivity index (χ1) is 8.39. The summed E-state index contributed by atoms with van der Waals surface area (Å²) in [5, 5.41) is 10.4. The van der Waals surface area contributed by atoms with Crippen LogP contribution in [0.25, 0.3) is 0 Å². The van der Waals surface area contributed by atoms with Crippen LogP contribution in [0.15, 0.2) is 12.1 Å². The predicted octanol–water partition coefficient (Wildman–Crippen LogP) is 1.20. The van der Waals surface area contributed by atoms with E-state index >= 15 is 0 Å². The Hall–Kier alpha value is -0.910. The molecule has 1 saturated heterocycles. The van der Waals surface area contributed by atoms with Gasteiger partial charge in [-0.15, -0.1) is 11.3 Å². The largest absolute Gasteiger partial charge is 0.387 e. The SMILES string of the molecule is Cc1ccc(C(=O)N2CC[C@@](O)(CN(C)C)C2)s1. The van der Waals surface area contributed by atoms with Crippen molar-refractivity contribution in [3.63, 3.8) is 0 Å². The van der Waals surface area contributed by atoms with Gasteiger partial charge in [0.1, 0.15) is 0 Å². The Labute approximate surface area is 112 Å². The Morgan fingerprint density at radius 2 is 2.28 bits per heavy atom. The zero-order valence-corrected chi connectivity index (χ0v) is 12.0. The highest BCUT2D eigenvalue weighted by molar-refractivity contribution is 7.13. The normalized spacial score (nSPS) is 23.9. The van der Waals surface area contributed by atoms with Gasteiger partial charge in [-0.1, -0.05) is 0 Å². The Bertz CT molecular complexity index is 444. The number of amides is 1. The van der Waals surface area contributed by atoms with Crippen molar-refractivity contribution in [3.05, 3.63) is 21.9 Å². The number of β-amino-alcohol motifs (C(OH)–C–C–N with tert-alkyl or cyclic N) is 1. The average Bonchev–Trinajstić information content (AvgIpc) is 2.83. The standard InChI is InChI=1S/C13H20N2O2S/c1-10-4-5-11(18-10)12(16)15-7-6-13(17,9-15)8-14(2)3/h4-5,17H,6-9H2,1-3H3/t13-/m1/s1. The number of aliphatic hydroxyl groups is 1. The summed E-state index contributed by atoms with van der Waals surface area (Å²) in [5.74, 6) is 0.0442. The molecule has 2 heterocycles. The molecule has 0 bridgehead atoms. The van der Waals surface area contributed by atoms with E-state index in [1.165, 1.54) is 11.3 Å². The van der Waals surface area contributed by atoms with E-state index in [4.69, 9.17) is 0 Å². The van der Waals surface area contributed by atoms with Crippen molar-refractivity contribution in [2.75, 3.05) is 33.7 Å². The van der Waals surface area contributed by atoms with E-state index in [1.807, 2.05) is 38.1 Å². The number of hydrogen-bond donors (Lipinski definition) is 1. The second-order valence-corrected chi connectivity index (χ2v) is 6.64. The Morgan fingerprint density at radius 3 is 2.83 bits per heavy atom. The molecule has 0 aliphatic carbocycles. The minimum Gasteiger partial charge on any atom is -0.387 e. The van der Waals surface area contributed by atoms with Gasteiger partial charge in [0, 0.05) is 18.0 Å². The van der Waals surface area contributed by atoms with Gasteiger partial charge in [-0.05, 0) is 39.6 Å². The van der Waals surface area contributed by atoms with E-state index in [1.54, 1.807) is 4.90 Å². The minimum absolute atomic E-state index is 0.0442. The summed E-state index contributed by atoms with van der Waals surface area (Å²) in [6.07, 6.45) is 0.654. The van der Waals surface area contributed by atoms with Gasteiger partial charge >= 0.3 is 0 Å². The summed E-state index contributed by atoms with van der Waals surface area (Å²) in [7, 11) is 3.87. The summed E-state index contributed by atoms with van der Waals surface area (Å²) in [6.45, 7) is 3.66. The molecule has 1 aliphatic rings. The average molecular weight is 268 g/mol. The molecule has 1 fully saturated rings. The van der Waals surface area contributed by atoms with Crippen LogP contribution in [0.4, 0.5) is 0 Å². The van der Waals surface area contributed by atoms with E-state index in [0.717, 1.165) is 9.75 Å². The lowest BCUT2D eigenvalue weighted by Gasteiger charge is -2.26. The minimum atomic E-state index is -0.758. The summed E-state index contributed by atoms with van der Waals surface area (Å²) < 4.78 is 0. The molecular weight excluding hydrogens is 248 g/mol. The molecule has 1 aliphatic heterocycles. The number of carbonyl (C=O) groups excluding carboxylic acids is 1. The topological polar surface area (TPSA) is 43.8 Å². The maximum atomic E-state index is 12.2. The van der Waals surface area contributed by atoms with Crippen LogP contribution in [-0.4, -0.2) is 60.1 Å². The molecule has 1 N–H and O–H groups in total. The Kier molecular flexibility index (Phi) is 3.75. The highest BCUT2D eigenvalue weighted by Gasteiger charge is 2.38. The first kappa shape index (κ1) is 13.5. The fraction of sp³-hybridized carbons (Fsp3) is 0.615. The summed E-state index contributed by atoms with van der Waals surface area (Å²) in [5.41, 5.74) is -0.758. The monoisotopic (exact) mass is 268 g/mol. The van der Waals surface area contributed by atoms with Crippen molar-refractivity contribution in [3.8, 4) is 0 Å². The van der Waals surface area contributed by atoms with Crippen molar-refractivity contribution >= 4 is 17.2 Å². The van der Waals surface area contributed by atoms with E-state index in [0.29, 0.717) is 26.1 Å². The fourth-order valence-corrected chi connectivity index (χ4v) is 3.29. The molecule has 0 saturated carbocycles. The third-order valence-corrected chi connectivity index (χ3v) is 4.17. The smallest absolute Gasteiger partial charge is 0.264 e. The molecule has 0 spiro atoms. The molecule has 1 aromatic rings. The van der Waals surface area contributed by atoms with Crippen LogP contribution in [0.1, 0.15) is 21.0 Å². The first-order valence-corrected chi connectivity index (χ1v) is 6.94. The zero-order valence-electron chi connectivity index (χ0n) is 11.1. The molecule has 4 nitrogen and oxygen atoms in total. The molecule has 1 aromatic heterocycles. The number of rotatable bonds is 3. The number of nitrogens with zero attached hydrogens (tertiary/aromatic N) is 2. The number of aryl methyl sites for hydroxylation is 1. The Morgan fingerprint density at radius 1 is 1.56 bits per heavy atom. The number of hydrogen-bond acceptors (Lipinski definition) is 4. The number of thiophene rings is 1. The summed E-state index contributed by atoms with van der Waals surface area (Å²) in [4.78, 5) is 17.9. The number of likely N-dealkylation sites (N-methyl/N-ethyl adjacent to an activating group) is 1. The summed E-state index contributed by atoms with van der Waals surface area (Å²) in [6, 6.07) is 3.83. The molecule has 0 unspecified atom stereocenters. The third-order valence-electron chi connectivity index (χ3n) is 3.18. The highest BCUT2D eigenvalue weighted by Crippen LogP contribution is 2.25. The van der Waals surface area contributed by atoms with E-state index < -0.39 is 5.60 Å². The van der Waals surface area contributed by atoms with Crippen LogP contribution in [0.3, 0.4) is 0 Å². The van der Waals surface area contributed by atoms with Crippen LogP contribution in [0.2, 0.25) is 0 Å². The van der Waals surface area contributed by atoms with Crippen molar-refractivity contribution in [2.45, 2.75) is 18.9 Å². The second kappa shape index (κ2) is 4.99. The van der Waals surface area contributed by atoms with Gasteiger partial charge in [-0.3, -0.25) is 4.79 Å². The lowest BCUT2D eigenvalue weighted by molar-refractivity contribution is 0.0237. The highest BCUT2D eigenvalue weighted by atomic mass is 32.1. The maximum Gasteiger partial charge on any atom is 0.264 e. The second-order valence-electron chi connectivity index (χ2n) is 5.35. The number of likely N-dealkylation sites (tertiary alicyclic amines) is 1. The van der Waals surface area contributed by atoms with Gasteiger partial charge in [-0.25, -0.2) is 0 Å².